The summed E-state index contributed by atoms with van der Waals surface area (Å²) in [6, 6.07) is 9.45. The monoisotopic (exact) mass is 373 g/mol. The molecule has 6 nitrogen and oxygen atoms in total. The molecule has 1 aromatic carbocycles. The molecule has 2 aromatic rings. The standard InChI is InChI=1S/C20H24FN3O3/c1-14(17-6-2-3-7-18(17)21)23-19(25)15-8-10-24(11-9-15)20(26)22-13-16-5-4-12-27-16/h2-7,12,14-15H,8-11,13H2,1H3,(H,22,26)(H,23,25). The summed E-state index contributed by atoms with van der Waals surface area (Å²) < 4.78 is 19.0. The van der Waals surface area contributed by atoms with Crippen LogP contribution in [0, 0.1) is 11.7 Å². The first-order valence-corrected chi connectivity index (χ1v) is 9.14. The van der Waals surface area contributed by atoms with Gasteiger partial charge in [0.05, 0.1) is 18.8 Å². The Hall–Kier alpha value is -2.83. The first kappa shape index (κ1) is 18.9. The normalized spacial score (nSPS) is 16.0. The van der Waals surface area contributed by atoms with Gasteiger partial charge in [0.25, 0.3) is 0 Å². The first-order chi connectivity index (χ1) is 13.0. The summed E-state index contributed by atoms with van der Waals surface area (Å²) in [6.07, 6.45) is 2.74. The average molecular weight is 373 g/mol. The van der Waals surface area contributed by atoms with E-state index in [2.05, 4.69) is 10.6 Å². The van der Waals surface area contributed by atoms with Gasteiger partial charge in [-0.2, -0.15) is 0 Å². The fraction of sp³-hybridized carbons (Fsp3) is 0.400. The lowest BCUT2D eigenvalue weighted by Gasteiger charge is -2.32. The van der Waals surface area contributed by atoms with Crippen molar-refractivity contribution in [1.82, 2.24) is 15.5 Å². The van der Waals surface area contributed by atoms with Gasteiger partial charge in [-0.15, -0.1) is 0 Å². The van der Waals surface area contributed by atoms with Crippen molar-refractivity contribution in [3.8, 4) is 0 Å². The van der Waals surface area contributed by atoms with Crippen molar-refractivity contribution in [3.05, 3.63) is 59.8 Å². The third kappa shape index (κ3) is 4.87. The van der Waals surface area contributed by atoms with E-state index in [1.807, 2.05) is 0 Å². The Bertz CT molecular complexity index is 771. The van der Waals surface area contributed by atoms with E-state index in [1.54, 1.807) is 48.4 Å². The van der Waals surface area contributed by atoms with Crippen LogP contribution in [0.25, 0.3) is 0 Å². The van der Waals surface area contributed by atoms with Crippen molar-refractivity contribution in [2.45, 2.75) is 32.4 Å². The van der Waals surface area contributed by atoms with Crippen LogP contribution in [0.4, 0.5) is 9.18 Å². The van der Waals surface area contributed by atoms with Crippen molar-refractivity contribution in [2.24, 2.45) is 5.92 Å². The summed E-state index contributed by atoms with van der Waals surface area (Å²) >= 11 is 0. The van der Waals surface area contributed by atoms with Gasteiger partial charge in [-0.25, -0.2) is 9.18 Å². The second-order valence-corrected chi connectivity index (χ2v) is 6.75. The van der Waals surface area contributed by atoms with Crippen molar-refractivity contribution >= 4 is 11.9 Å². The van der Waals surface area contributed by atoms with Crippen LogP contribution in [0.1, 0.15) is 37.1 Å². The van der Waals surface area contributed by atoms with Crippen LogP contribution in [0.3, 0.4) is 0 Å². The molecule has 1 saturated heterocycles. The number of rotatable bonds is 5. The van der Waals surface area contributed by atoms with Gasteiger partial charge in [0.15, 0.2) is 0 Å². The van der Waals surface area contributed by atoms with Crippen LogP contribution in [-0.2, 0) is 11.3 Å². The quantitative estimate of drug-likeness (QED) is 0.845. The van der Waals surface area contributed by atoms with Crippen LogP contribution < -0.4 is 10.6 Å². The van der Waals surface area contributed by atoms with Crippen LogP contribution in [0.5, 0.6) is 0 Å². The number of urea groups is 1. The lowest BCUT2D eigenvalue weighted by atomic mass is 9.95. The molecule has 1 aliphatic heterocycles. The van der Waals surface area contributed by atoms with Gasteiger partial charge in [0, 0.05) is 24.6 Å². The van der Waals surface area contributed by atoms with Crippen LogP contribution in [-0.4, -0.2) is 29.9 Å². The number of likely N-dealkylation sites (tertiary alicyclic amines) is 1. The fourth-order valence-corrected chi connectivity index (χ4v) is 3.27. The molecule has 0 aliphatic carbocycles. The van der Waals surface area contributed by atoms with E-state index in [0.29, 0.717) is 43.8 Å². The van der Waals surface area contributed by atoms with Crippen LogP contribution >= 0.6 is 0 Å². The van der Waals surface area contributed by atoms with Crippen molar-refractivity contribution < 1.29 is 18.4 Å². The zero-order valence-corrected chi connectivity index (χ0v) is 15.3. The summed E-state index contributed by atoms with van der Waals surface area (Å²) in [5, 5.41) is 5.69. The number of halogens is 1. The van der Waals surface area contributed by atoms with Gasteiger partial charge in [0.1, 0.15) is 11.6 Å². The molecule has 3 amide bonds. The molecule has 2 heterocycles. The predicted molar refractivity (Wildman–Crippen MR) is 98.2 cm³/mol. The molecule has 2 N–H and O–H groups in total. The summed E-state index contributed by atoms with van der Waals surface area (Å²) in [6.45, 7) is 3.13. The number of hydrogen-bond donors (Lipinski definition) is 2. The number of carbonyl (C=O) groups is 2. The van der Waals surface area contributed by atoms with Crippen molar-refractivity contribution in [2.75, 3.05) is 13.1 Å². The van der Waals surface area contributed by atoms with Crippen molar-refractivity contribution in [3.63, 3.8) is 0 Å². The van der Waals surface area contributed by atoms with E-state index in [9.17, 15) is 14.0 Å². The number of amides is 3. The third-order valence-electron chi connectivity index (χ3n) is 4.88. The number of benzene rings is 1. The highest BCUT2D eigenvalue weighted by atomic mass is 19.1. The molecule has 0 bridgehead atoms. The van der Waals surface area contributed by atoms with E-state index in [0.717, 1.165) is 0 Å². The van der Waals surface area contributed by atoms with Gasteiger partial charge >= 0.3 is 6.03 Å². The maximum Gasteiger partial charge on any atom is 0.317 e. The van der Waals surface area contributed by atoms with E-state index in [-0.39, 0.29) is 23.7 Å². The molecule has 144 valence electrons. The van der Waals surface area contributed by atoms with E-state index < -0.39 is 6.04 Å². The minimum absolute atomic E-state index is 0.0959. The highest BCUT2D eigenvalue weighted by Crippen LogP contribution is 2.21. The van der Waals surface area contributed by atoms with Gasteiger partial charge in [-0.1, -0.05) is 18.2 Å². The van der Waals surface area contributed by atoms with Gasteiger partial charge < -0.3 is 20.0 Å². The molecule has 27 heavy (non-hydrogen) atoms. The molecule has 7 heteroatoms. The topological polar surface area (TPSA) is 74.6 Å². The number of nitrogens with one attached hydrogen (secondary N) is 2. The van der Waals surface area contributed by atoms with Gasteiger partial charge in [0.2, 0.25) is 5.91 Å². The lowest BCUT2D eigenvalue weighted by molar-refractivity contribution is -0.126. The second kappa shape index (κ2) is 8.70. The van der Waals surface area contributed by atoms with Crippen molar-refractivity contribution in [1.29, 1.82) is 0 Å². The van der Waals surface area contributed by atoms with E-state index in [4.69, 9.17) is 4.42 Å². The Labute approximate surface area is 157 Å². The Morgan fingerprint density at radius 2 is 1.96 bits per heavy atom. The summed E-state index contributed by atoms with van der Waals surface area (Å²) in [7, 11) is 0. The summed E-state index contributed by atoms with van der Waals surface area (Å²) in [4.78, 5) is 26.4. The molecule has 0 spiro atoms. The Morgan fingerprint density at radius 1 is 1.22 bits per heavy atom. The molecule has 1 fully saturated rings. The summed E-state index contributed by atoms with van der Waals surface area (Å²) in [5.41, 5.74) is 0.473. The predicted octanol–water partition coefficient (Wildman–Crippen LogP) is 3.22. The molecule has 1 aliphatic rings. The van der Waals surface area contributed by atoms with Crippen LogP contribution in [0.15, 0.2) is 47.1 Å². The van der Waals surface area contributed by atoms with E-state index in [1.165, 1.54) is 6.07 Å². The second-order valence-electron chi connectivity index (χ2n) is 6.75. The average Bonchev–Trinajstić information content (AvgIpc) is 3.20. The smallest absolute Gasteiger partial charge is 0.317 e. The SMILES string of the molecule is CC(NC(=O)C1CCN(C(=O)NCc2ccco2)CC1)c1ccccc1F. The maximum atomic E-state index is 13.8. The lowest BCUT2D eigenvalue weighted by Crippen LogP contribution is -2.46. The van der Waals surface area contributed by atoms with Gasteiger partial charge in [-0.3, -0.25) is 4.79 Å². The van der Waals surface area contributed by atoms with Gasteiger partial charge in [-0.05, 0) is 38.0 Å². The number of piperidine rings is 1. The zero-order valence-electron chi connectivity index (χ0n) is 15.3. The molecular weight excluding hydrogens is 349 g/mol. The summed E-state index contributed by atoms with van der Waals surface area (Å²) in [5.74, 6) is 0.0998. The first-order valence-electron chi connectivity index (χ1n) is 9.14. The molecular formula is C20H24FN3O3. The van der Waals surface area contributed by atoms with Crippen LogP contribution in [0.2, 0.25) is 0 Å². The Kier molecular flexibility index (Phi) is 6.11. The molecule has 1 aromatic heterocycles. The molecule has 0 saturated carbocycles. The molecule has 0 radical (unpaired) electrons. The number of hydrogen-bond acceptors (Lipinski definition) is 3. The number of carbonyl (C=O) groups excluding carboxylic acids is 2. The Morgan fingerprint density at radius 3 is 2.63 bits per heavy atom. The molecule has 1 atom stereocenters. The largest absolute Gasteiger partial charge is 0.467 e. The minimum Gasteiger partial charge on any atom is -0.467 e. The minimum atomic E-state index is -0.395. The van der Waals surface area contributed by atoms with E-state index >= 15 is 0 Å². The Balaban J connectivity index is 1.45. The molecule has 1 unspecified atom stereocenters. The highest BCUT2D eigenvalue weighted by molar-refractivity contribution is 5.80. The fourth-order valence-electron chi connectivity index (χ4n) is 3.27. The number of nitrogens with zero attached hydrogens (tertiary/aromatic N) is 1. The maximum absolute atomic E-state index is 13.8. The number of furan rings is 1. The zero-order chi connectivity index (χ0) is 19.2. The molecule has 3 rings (SSSR count). The third-order valence-corrected chi connectivity index (χ3v) is 4.88. The highest BCUT2D eigenvalue weighted by Gasteiger charge is 2.28.